The van der Waals surface area contributed by atoms with Crippen LogP contribution < -0.4 is 5.73 Å². The molecule has 2 N–H and O–H groups in total. The van der Waals surface area contributed by atoms with Crippen molar-refractivity contribution in [3.63, 3.8) is 0 Å². The van der Waals surface area contributed by atoms with Gasteiger partial charge in [0.05, 0.1) is 13.2 Å². The van der Waals surface area contributed by atoms with Gasteiger partial charge in [0.25, 0.3) is 0 Å². The Morgan fingerprint density at radius 3 is 1.94 bits per heavy atom. The summed E-state index contributed by atoms with van der Waals surface area (Å²) in [5, 5.41) is 0. The predicted octanol–water partition coefficient (Wildman–Crippen LogP) is -0.225. The molecule has 110 valence electrons. The number of likely N-dealkylation sites (N-methyl/N-ethyl adjacent to an activating group) is 2. The predicted molar refractivity (Wildman–Crippen MR) is 78.0 cm³/mol. The summed E-state index contributed by atoms with van der Waals surface area (Å²) >= 11 is 0. The van der Waals surface area contributed by atoms with E-state index >= 15 is 0 Å². The third kappa shape index (κ3) is 9.79. The van der Waals surface area contributed by atoms with Crippen molar-refractivity contribution in [3.8, 4) is 0 Å². The van der Waals surface area contributed by atoms with Gasteiger partial charge in [0.2, 0.25) is 0 Å². The molecule has 0 aromatic rings. The largest absolute Gasteiger partial charge is 0.379 e. The van der Waals surface area contributed by atoms with Crippen molar-refractivity contribution in [2.45, 2.75) is 12.5 Å². The van der Waals surface area contributed by atoms with Crippen LogP contribution in [0.1, 0.15) is 6.42 Å². The van der Waals surface area contributed by atoms with Crippen molar-refractivity contribution < 1.29 is 4.74 Å². The molecule has 0 aromatic heterocycles. The first-order chi connectivity index (χ1) is 8.47. The lowest BCUT2D eigenvalue weighted by Gasteiger charge is -2.28. The molecule has 5 nitrogen and oxygen atoms in total. The summed E-state index contributed by atoms with van der Waals surface area (Å²) in [4.78, 5) is 6.63. The lowest BCUT2D eigenvalue weighted by molar-refractivity contribution is 0.0863. The van der Waals surface area contributed by atoms with Crippen molar-refractivity contribution in [1.82, 2.24) is 14.7 Å². The van der Waals surface area contributed by atoms with Crippen molar-refractivity contribution in [2.75, 3.05) is 74.6 Å². The smallest absolute Gasteiger partial charge is 0.0594 e. The Bertz CT molecular complexity index is 188. The van der Waals surface area contributed by atoms with Crippen LogP contribution in [0.5, 0.6) is 0 Å². The van der Waals surface area contributed by atoms with E-state index in [0.717, 1.165) is 39.3 Å². The van der Waals surface area contributed by atoms with Crippen LogP contribution in [-0.2, 0) is 4.74 Å². The van der Waals surface area contributed by atoms with Gasteiger partial charge in [0.1, 0.15) is 0 Å². The molecule has 0 bridgehead atoms. The van der Waals surface area contributed by atoms with E-state index in [-0.39, 0.29) is 0 Å². The number of hydrogen-bond donors (Lipinski definition) is 1. The Balaban J connectivity index is 3.66. The minimum absolute atomic E-state index is 0.449. The van der Waals surface area contributed by atoms with Crippen LogP contribution in [0, 0.1) is 0 Å². The van der Waals surface area contributed by atoms with E-state index in [9.17, 15) is 0 Å². The minimum atomic E-state index is 0.449. The summed E-state index contributed by atoms with van der Waals surface area (Å²) in [6.07, 6.45) is 1.11. The molecule has 0 radical (unpaired) electrons. The first-order valence-electron chi connectivity index (χ1n) is 6.75. The first kappa shape index (κ1) is 17.8. The second-order valence-corrected chi connectivity index (χ2v) is 5.38. The SMILES string of the molecule is CN(C)CCOCCN(C)C(CN)CCN(C)C. The van der Waals surface area contributed by atoms with E-state index in [1.807, 2.05) is 0 Å². The molecule has 18 heavy (non-hydrogen) atoms. The number of nitrogens with zero attached hydrogens (tertiary/aromatic N) is 3. The van der Waals surface area contributed by atoms with Gasteiger partial charge in [-0.05, 0) is 48.2 Å². The summed E-state index contributed by atoms with van der Waals surface area (Å²) in [5.41, 5.74) is 5.82. The van der Waals surface area contributed by atoms with Gasteiger partial charge in [-0.25, -0.2) is 0 Å². The van der Waals surface area contributed by atoms with Crippen molar-refractivity contribution >= 4 is 0 Å². The van der Waals surface area contributed by atoms with Crippen molar-refractivity contribution in [1.29, 1.82) is 0 Å². The molecular formula is C13H32N4O. The van der Waals surface area contributed by atoms with E-state index < -0.39 is 0 Å². The summed E-state index contributed by atoms with van der Waals surface area (Å²) in [7, 11) is 10.4. The third-order valence-corrected chi connectivity index (χ3v) is 3.08. The summed E-state index contributed by atoms with van der Waals surface area (Å²) in [6, 6.07) is 0.449. The van der Waals surface area contributed by atoms with Gasteiger partial charge in [-0.3, -0.25) is 4.90 Å². The fourth-order valence-corrected chi connectivity index (χ4v) is 1.67. The van der Waals surface area contributed by atoms with Crippen LogP contribution in [0.3, 0.4) is 0 Å². The average molecular weight is 260 g/mol. The van der Waals surface area contributed by atoms with Crippen molar-refractivity contribution in [3.05, 3.63) is 0 Å². The maximum Gasteiger partial charge on any atom is 0.0594 e. The zero-order valence-corrected chi connectivity index (χ0v) is 12.9. The van der Waals surface area contributed by atoms with Crippen LogP contribution in [0.4, 0.5) is 0 Å². The molecule has 0 fully saturated rings. The van der Waals surface area contributed by atoms with E-state index in [1.54, 1.807) is 0 Å². The number of hydrogen-bond acceptors (Lipinski definition) is 5. The highest BCUT2D eigenvalue weighted by molar-refractivity contribution is 4.70. The molecule has 1 atom stereocenters. The Morgan fingerprint density at radius 2 is 1.44 bits per heavy atom. The maximum absolute atomic E-state index is 5.82. The molecule has 1 unspecified atom stereocenters. The van der Waals surface area contributed by atoms with Crippen LogP contribution in [0.15, 0.2) is 0 Å². The second-order valence-electron chi connectivity index (χ2n) is 5.38. The van der Waals surface area contributed by atoms with Crippen LogP contribution in [0.2, 0.25) is 0 Å². The van der Waals surface area contributed by atoms with Crippen LogP contribution >= 0.6 is 0 Å². The van der Waals surface area contributed by atoms with Gasteiger partial charge in [-0.1, -0.05) is 0 Å². The summed E-state index contributed by atoms with van der Waals surface area (Å²) in [5.74, 6) is 0. The van der Waals surface area contributed by atoms with Gasteiger partial charge in [0, 0.05) is 25.7 Å². The molecule has 5 heteroatoms. The fourth-order valence-electron chi connectivity index (χ4n) is 1.67. The molecule has 0 spiro atoms. The molecular weight excluding hydrogens is 228 g/mol. The second kappa shape index (κ2) is 10.7. The summed E-state index contributed by atoms with van der Waals surface area (Å²) in [6.45, 7) is 5.29. The van der Waals surface area contributed by atoms with Gasteiger partial charge in [-0.2, -0.15) is 0 Å². The lowest BCUT2D eigenvalue weighted by Crippen LogP contribution is -2.41. The highest BCUT2D eigenvalue weighted by atomic mass is 16.5. The third-order valence-electron chi connectivity index (χ3n) is 3.08. The highest BCUT2D eigenvalue weighted by Gasteiger charge is 2.12. The monoisotopic (exact) mass is 260 g/mol. The van der Waals surface area contributed by atoms with Gasteiger partial charge in [-0.15, -0.1) is 0 Å². The minimum Gasteiger partial charge on any atom is -0.379 e. The zero-order valence-electron chi connectivity index (χ0n) is 12.9. The molecule has 0 aliphatic carbocycles. The molecule has 0 aliphatic heterocycles. The molecule has 0 aliphatic rings. The highest BCUT2D eigenvalue weighted by Crippen LogP contribution is 2.01. The maximum atomic E-state index is 5.82. The Kier molecular flexibility index (Phi) is 10.6. The van der Waals surface area contributed by atoms with E-state index in [0.29, 0.717) is 12.6 Å². The first-order valence-corrected chi connectivity index (χ1v) is 6.75. The van der Waals surface area contributed by atoms with Gasteiger partial charge < -0.3 is 20.3 Å². The van der Waals surface area contributed by atoms with Crippen molar-refractivity contribution in [2.24, 2.45) is 5.73 Å². The standard InChI is InChI=1S/C13H32N4O/c1-15(2)7-6-13(12-14)17(5)9-11-18-10-8-16(3)4/h13H,6-12,14H2,1-5H3. The van der Waals surface area contributed by atoms with E-state index in [1.165, 1.54) is 0 Å². The topological polar surface area (TPSA) is 45.0 Å². The molecule has 0 aromatic carbocycles. The van der Waals surface area contributed by atoms with Gasteiger partial charge in [0.15, 0.2) is 0 Å². The molecule has 0 heterocycles. The number of nitrogens with two attached hydrogens (primary N) is 1. The molecule has 0 saturated carbocycles. The van der Waals surface area contributed by atoms with E-state index in [2.05, 4.69) is 49.9 Å². The zero-order chi connectivity index (χ0) is 14.0. The number of rotatable bonds is 11. The van der Waals surface area contributed by atoms with Crippen LogP contribution in [-0.4, -0.2) is 95.4 Å². The molecule has 0 saturated heterocycles. The quantitative estimate of drug-likeness (QED) is 0.520. The normalized spacial score (nSPS) is 13.8. The number of ether oxygens (including phenoxy) is 1. The van der Waals surface area contributed by atoms with E-state index in [4.69, 9.17) is 10.5 Å². The summed E-state index contributed by atoms with van der Waals surface area (Å²) < 4.78 is 5.60. The van der Waals surface area contributed by atoms with Gasteiger partial charge >= 0.3 is 0 Å². The Labute approximate surface area is 113 Å². The lowest BCUT2D eigenvalue weighted by atomic mass is 10.2. The average Bonchev–Trinajstić information content (AvgIpc) is 2.28. The molecule has 0 amide bonds. The Hall–Kier alpha value is -0.200. The molecule has 0 rings (SSSR count). The Morgan fingerprint density at radius 1 is 0.889 bits per heavy atom. The van der Waals surface area contributed by atoms with Crippen LogP contribution in [0.25, 0.3) is 0 Å². The fraction of sp³-hybridized carbons (Fsp3) is 1.00.